The van der Waals surface area contributed by atoms with E-state index in [1.807, 2.05) is 0 Å². The summed E-state index contributed by atoms with van der Waals surface area (Å²) in [7, 11) is 3.15. The number of nitrogens with one attached hydrogen (secondary N) is 1. The Hall–Kier alpha value is -3.06. The van der Waals surface area contributed by atoms with Gasteiger partial charge in [0.25, 0.3) is 5.56 Å². The average Bonchev–Trinajstić information content (AvgIpc) is 3.31. The van der Waals surface area contributed by atoms with Crippen LogP contribution in [0.2, 0.25) is 0 Å². The van der Waals surface area contributed by atoms with Crippen molar-refractivity contribution in [1.82, 2.24) is 19.8 Å². The lowest BCUT2D eigenvalue weighted by molar-refractivity contribution is 0.191. The molecule has 1 aromatic carbocycles. The van der Waals surface area contributed by atoms with Gasteiger partial charge in [0.15, 0.2) is 11.5 Å². The number of nitrogens with zero attached hydrogens (tertiary/aromatic N) is 3. The molecule has 1 N–H and O–H groups in total. The summed E-state index contributed by atoms with van der Waals surface area (Å²) < 4.78 is 12.4. The Bertz CT molecular complexity index is 1170. The maximum atomic E-state index is 13.0. The van der Waals surface area contributed by atoms with Crippen LogP contribution in [0.3, 0.4) is 0 Å². The van der Waals surface area contributed by atoms with Gasteiger partial charge in [-0.05, 0) is 69.1 Å². The minimum atomic E-state index is -0.0323. The van der Waals surface area contributed by atoms with Gasteiger partial charge in [0.05, 0.1) is 37.5 Å². The second-order valence-electron chi connectivity index (χ2n) is 9.42. The summed E-state index contributed by atoms with van der Waals surface area (Å²) in [6.07, 6.45) is 17.3. The van der Waals surface area contributed by atoms with Crippen LogP contribution < -0.4 is 20.3 Å². The largest absolute Gasteiger partial charge is 0.493 e. The first kappa shape index (κ1) is 22.7. The Morgan fingerprint density at radius 1 is 1.03 bits per heavy atom. The molecule has 3 heterocycles. The number of benzene rings is 1. The molecule has 0 amide bonds. The van der Waals surface area contributed by atoms with Crippen molar-refractivity contribution in [3.05, 3.63) is 64.9 Å². The molecule has 1 aromatic heterocycles. The van der Waals surface area contributed by atoms with E-state index in [0.717, 1.165) is 32.5 Å². The van der Waals surface area contributed by atoms with Crippen LogP contribution in [0.15, 0.2) is 59.3 Å². The van der Waals surface area contributed by atoms with Crippen molar-refractivity contribution in [3.63, 3.8) is 0 Å². The Labute approximate surface area is 200 Å². The van der Waals surface area contributed by atoms with Crippen LogP contribution in [0.4, 0.5) is 0 Å². The van der Waals surface area contributed by atoms with Gasteiger partial charge in [-0.3, -0.25) is 9.36 Å². The van der Waals surface area contributed by atoms with E-state index in [1.54, 1.807) is 42.8 Å². The molecule has 0 bridgehead atoms. The lowest BCUT2D eigenvalue weighted by atomic mass is 9.80. The number of methoxy groups -OCH3 is 2. The van der Waals surface area contributed by atoms with Crippen LogP contribution >= 0.6 is 0 Å². The summed E-state index contributed by atoms with van der Waals surface area (Å²) in [5.74, 6) is 2.35. The fraction of sp³-hybridized carbons (Fsp3) is 0.481. The highest BCUT2D eigenvalue weighted by atomic mass is 16.5. The molecule has 34 heavy (non-hydrogen) atoms. The molecule has 1 aliphatic carbocycles. The predicted octanol–water partition coefficient (Wildman–Crippen LogP) is 3.50. The Balaban J connectivity index is 1.11. The zero-order valence-electron chi connectivity index (χ0n) is 20.1. The number of piperidine rings is 1. The molecule has 2 aromatic rings. The molecule has 5 rings (SSSR count). The average molecular weight is 463 g/mol. The summed E-state index contributed by atoms with van der Waals surface area (Å²) >= 11 is 0. The standard InChI is InChI=1S/C27H34N4O3/c1-33-25-15-21-24(16-26(25)34-2)29-18-31(27(21)32)12-6-5-11-30-13-9-19(10-14-30)22-17-28-23-8-4-3-7-20(22)23/h3-4,7-8,15-20,23,28H,5-6,9-14H2,1-2H3. The monoisotopic (exact) mass is 462 g/mol. The maximum Gasteiger partial charge on any atom is 0.261 e. The lowest BCUT2D eigenvalue weighted by Gasteiger charge is -2.34. The van der Waals surface area contributed by atoms with E-state index in [4.69, 9.17) is 9.47 Å². The van der Waals surface area contributed by atoms with Gasteiger partial charge in [-0.2, -0.15) is 0 Å². The molecule has 0 spiro atoms. The highest BCUT2D eigenvalue weighted by Gasteiger charge is 2.33. The van der Waals surface area contributed by atoms with Crippen molar-refractivity contribution in [2.45, 2.75) is 38.3 Å². The van der Waals surface area contributed by atoms with Gasteiger partial charge < -0.3 is 19.7 Å². The third-order valence-corrected chi connectivity index (χ3v) is 7.47. The fourth-order valence-electron chi connectivity index (χ4n) is 5.52. The molecule has 0 radical (unpaired) electrons. The van der Waals surface area contributed by atoms with Gasteiger partial charge in [-0.25, -0.2) is 4.98 Å². The maximum absolute atomic E-state index is 13.0. The van der Waals surface area contributed by atoms with E-state index in [2.05, 4.69) is 45.7 Å². The van der Waals surface area contributed by atoms with Gasteiger partial charge in [0, 0.05) is 18.5 Å². The van der Waals surface area contributed by atoms with Crippen molar-refractivity contribution in [2.24, 2.45) is 11.8 Å². The molecule has 2 aliphatic heterocycles. The first-order valence-corrected chi connectivity index (χ1v) is 12.3. The molecule has 2 atom stereocenters. The smallest absolute Gasteiger partial charge is 0.261 e. The summed E-state index contributed by atoms with van der Waals surface area (Å²) in [4.78, 5) is 20.0. The van der Waals surface area contributed by atoms with Gasteiger partial charge >= 0.3 is 0 Å². The van der Waals surface area contributed by atoms with E-state index >= 15 is 0 Å². The number of rotatable bonds is 8. The topological polar surface area (TPSA) is 68.6 Å². The number of fused-ring (bicyclic) bond motifs is 2. The van der Waals surface area contributed by atoms with E-state index < -0.39 is 0 Å². The first-order valence-electron chi connectivity index (χ1n) is 12.3. The van der Waals surface area contributed by atoms with Crippen molar-refractivity contribution in [3.8, 4) is 11.5 Å². The highest BCUT2D eigenvalue weighted by molar-refractivity contribution is 5.81. The number of allylic oxidation sites excluding steroid dienone is 2. The third-order valence-electron chi connectivity index (χ3n) is 7.47. The number of hydrogen-bond donors (Lipinski definition) is 1. The Morgan fingerprint density at radius 3 is 2.56 bits per heavy atom. The predicted molar refractivity (Wildman–Crippen MR) is 134 cm³/mol. The van der Waals surface area contributed by atoms with Crippen LogP contribution in [0.1, 0.15) is 25.7 Å². The highest BCUT2D eigenvalue weighted by Crippen LogP contribution is 2.36. The number of aryl methyl sites for hydroxylation is 1. The number of unbranched alkanes of at least 4 members (excludes halogenated alkanes) is 1. The van der Waals surface area contributed by atoms with Crippen molar-refractivity contribution in [1.29, 1.82) is 0 Å². The zero-order valence-corrected chi connectivity index (χ0v) is 20.1. The van der Waals surface area contributed by atoms with Crippen LogP contribution in [0, 0.1) is 11.8 Å². The minimum absolute atomic E-state index is 0.0323. The Kier molecular flexibility index (Phi) is 6.72. The molecule has 1 fully saturated rings. The van der Waals surface area contributed by atoms with Crippen molar-refractivity contribution in [2.75, 3.05) is 33.9 Å². The molecular weight excluding hydrogens is 428 g/mol. The Morgan fingerprint density at radius 2 is 1.76 bits per heavy atom. The number of hydrogen-bond acceptors (Lipinski definition) is 6. The van der Waals surface area contributed by atoms with E-state index in [1.165, 1.54) is 12.8 Å². The van der Waals surface area contributed by atoms with Gasteiger partial charge in [-0.1, -0.05) is 24.3 Å². The second kappa shape index (κ2) is 10.1. The van der Waals surface area contributed by atoms with E-state index in [0.29, 0.717) is 46.8 Å². The molecular formula is C27H34N4O3. The fourth-order valence-corrected chi connectivity index (χ4v) is 5.52. The van der Waals surface area contributed by atoms with Crippen LogP contribution in [-0.2, 0) is 6.54 Å². The zero-order chi connectivity index (χ0) is 23.5. The van der Waals surface area contributed by atoms with Crippen molar-refractivity contribution < 1.29 is 9.47 Å². The normalized spacial score (nSPS) is 22.5. The molecule has 1 saturated heterocycles. The first-order chi connectivity index (χ1) is 16.7. The number of aromatic nitrogens is 2. The summed E-state index contributed by atoms with van der Waals surface area (Å²) in [6, 6.07) is 3.93. The van der Waals surface area contributed by atoms with Crippen molar-refractivity contribution >= 4 is 10.9 Å². The molecule has 2 unspecified atom stereocenters. The van der Waals surface area contributed by atoms with Gasteiger partial charge in [0.2, 0.25) is 0 Å². The van der Waals surface area contributed by atoms with Gasteiger partial charge in [-0.15, -0.1) is 0 Å². The van der Waals surface area contributed by atoms with E-state index in [9.17, 15) is 4.79 Å². The number of likely N-dealkylation sites (tertiary alicyclic amines) is 1. The summed E-state index contributed by atoms with van der Waals surface area (Å²) in [5.41, 5.74) is 2.18. The second-order valence-corrected chi connectivity index (χ2v) is 9.42. The lowest BCUT2D eigenvalue weighted by Crippen LogP contribution is -2.36. The number of ether oxygens (including phenoxy) is 2. The quantitative estimate of drug-likeness (QED) is 0.606. The molecule has 7 nitrogen and oxygen atoms in total. The molecule has 3 aliphatic rings. The molecule has 0 saturated carbocycles. The van der Waals surface area contributed by atoms with Crippen LogP contribution in [0.25, 0.3) is 10.9 Å². The van der Waals surface area contributed by atoms with Crippen LogP contribution in [0.5, 0.6) is 11.5 Å². The third kappa shape index (κ3) is 4.49. The molecule has 180 valence electrons. The summed E-state index contributed by atoms with van der Waals surface area (Å²) in [5, 5.41) is 4.10. The minimum Gasteiger partial charge on any atom is -0.493 e. The van der Waals surface area contributed by atoms with Crippen LogP contribution in [-0.4, -0.2) is 54.3 Å². The molecule has 7 heteroatoms. The SMILES string of the molecule is COc1cc2ncn(CCCCN3CCC(C4=CNC5C=CC=CC45)CC3)c(=O)c2cc1OC. The van der Waals surface area contributed by atoms with E-state index in [-0.39, 0.29) is 5.56 Å². The summed E-state index contributed by atoms with van der Waals surface area (Å²) in [6.45, 7) is 4.06. The van der Waals surface area contributed by atoms with Gasteiger partial charge in [0.1, 0.15) is 0 Å².